The molecule has 0 bridgehead atoms. The Balaban J connectivity index is 1.98. The zero-order valence-corrected chi connectivity index (χ0v) is 20.1. The summed E-state index contributed by atoms with van der Waals surface area (Å²) in [5.74, 6) is -0.124. The second-order valence-electron chi connectivity index (χ2n) is 8.49. The molecule has 182 valence electrons. The van der Waals surface area contributed by atoms with Gasteiger partial charge in [-0.1, -0.05) is 38.1 Å². The van der Waals surface area contributed by atoms with E-state index in [1.807, 2.05) is 20.8 Å². The first kappa shape index (κ1) is 25.1. The normalized spacial score (nSPS) is 15.8. The number of esters is 1. The van der Waals surface area contributed by atoms with Crippen LogP contribution in [-0.4, -0.2) is 24.7 Å². The van der Waals surface area contributed by atoms with Crippen molar-refractivity contribution in [3.8, 4) is 11.5 Å². The zero-order valence-electron chi connectivity index (χ0n) is 20.1. The Morgan fingerprint density at radius 1 is 1.06 bits per heavy atom. The monoisotopic (exact) mass is 470 g/mol. The lowest BCUT2D eigenvalue weighted by Gasteiger charge is -2.31. The lowest BCUT2D eigenvalue weighted by atomic mass is 9.91. The van der Waals surface area contributed by atoms with Crippen LogP contribution in [0.4, 0.5) is 9.18 Å². The summed E-state index contributed by atoms with van der Waals surface area (Å²) in [7, 11) is 0. The van der Waals surface area contributed by atoms with E-state index < -0.39 is 18.0 Å². The molecule has 2 aromatic carbocycles. The lowest BCUT2D eigenvalue weighted by molar-refractivity contribution is -0.143. The van der Waals surface area contributed by atoms with Crippen molar-refractivity contribution in [2.24, 2.45) is 5.92 Å². The second-order valence-corrected chi connectivity index (χ2v) is 8.49. The maximum atomic E-state index is 14.0. The molecule has 2 aromatic rings. The SMILES string of the molecule is CCOc1cc(C2NC(=O)NC(C(C)C)=C2C(=O)OC(C)C)ccc1OCc1ccccc1F. The fraction of sp³-hybridized carbons (Fsp3) is 0.385. The first-order chi connectivity index (χ1) is 16.2. The molecule has 34 heavy (non-hydrogen) atoms. The highest BCUT2D eigenvalue weighted by Crippen LogP contribution is 2.36. The minimum Gasteiger partial charge on any atom is -0.490 e. The molecule has 0 aliphatic carbocycles. The van der Waals surface area contributed by atoms with Gasteiger partial charge in [0.15, 0.2) is 11.5 Å². The highest BCUT2D eigenvalue weighted by molar-refractivity contribution is 5.95. The van der Waals surface area contributed by atoms with E-state index in [0.717, 1.165) is 0 Å². The molecule has 1 atom stereocenters. The Labute approximate surface area is 199 Å². The number of urea groups is 1. The largest absolute Gasteiger partial charge is 0.490 e. The van der Waals surface area contributed by atoms with Crippen molar-refractivity contribution >= 4 is 12.0 Å². The average molecular weight is 471 g/mol. The summed E-state index contributed by atoms with van der Waals surface area (Å²) in [5, 5.41) is 5.57. The molecule has 7 nitrogen and oxygen atoms in total. The van der Waals surface area contributed by atoms with Gasteiger partial charge < -0.3 is 24.8 Å². The summed E-state index contributed by atoms with van der Waals surface area (Å²) < 4.78 is 31.1. The fourth-order valence-electron chi connectivity index (χ4n) is 3.66. The zero-order chi connectivity index (χ0) is 24.8. The first-order valence-electron chi connectivity index (χ1n) is 11.4. The predicted molar refractivity (Wildman–Crippen MR) is 126 cm³/mol. The van der Waals surface area contributed by atoms with Crippen molar-refractivity contribution in [3.05, 3.63) is 70.7 Å². The van der Waals surface area contributed by atoms with Crippen LogP contribution in [0, 0.1) is 11.7 Å². The number of ether oxygens (including phenoxy) is 3. The molecule has 0 saturated carbocycles. The summed E-state index contributed by atoms with van der Waals surface area (Å²) >= 11 is 0. The molecule has 1 aliphatic rings. The Morgan fingerprint density at radius 3 is 2.44 bits per heavy atom. The first-order valence-corrected chi connectivity index (χ1v) is 11.4. The number of benzene rings is 2. The number of carbonyl (C=O) groups is 2. The van der Waals surface area contributed by atoms with Gasteiger partial charge in [-0.15, -0.1) is 0 Å². The van der Waals surface area contributed by atoms with Crippen molar-refractivity contribution in [2.75, 3.05) is 6.61 Å². The molecule has 1 aliphatic heterocycles. The molecular formula is C26H31FN2O5. The molecule has 2 N–H and O–H groups in total. The van der Waals surface area contributed by atoms with Crippen molar-refractivity contribution < 1.29 is 28.2 Å². The van der Waals surface area contributed by atoms with E-state index in [9.17, 15) is 14.0 Å². The van der Waals surface area contributed by atoms with Gasteiger partial charge in [-0.05, 0) is 50.5 Å². The molecular weight excluding hydrogens is 439 g/mol. The number of rotatable bonds is 9. The van der Waals surface area contributed by atoms with Crippen LogP contribution in [0.1, 0.15) is 51.8 Å². The van der Waals surface area contributed by atoms with E-state index in [4.69, 9.17) is 14.2 Å². The van der Waals surface area contributed by atoms with Gasteiger partial charge in [0.05, 0.1) is 24.3 Å². The van der Waals surface area contributed by atoms with Crippen molar-refractivity contribution in [2.45, 2.75) is 53.4 Å². The van der Waals surface area contributed by atoms with Crippen molar-refractivity contribution in [1.82, 2.24) is 10.6 Å². The summed E-state index contributed by atoms with van der Waals surface area (Å²) in [6.07, 6.45) is -0.320. The van der Waals surface area contributed by atoms with Crippen LogP contribution < -0.4 is 20.1 Å². The molecule has 0 aromatic heterocycles. The standard InChI is InChI=1S/C26H31FN2O5/c1-6-32-21-13-17(11-12-20(21)33-14-18-9-7-8-10-19(18)27)24-22(25(30)34-16(4)5)23(15(2)3)28-26(31)29-24/h7-13,15-16,24H,6,14H2,1-5H3,(H2,28,29,31). The summed E-state index contributed by atoms with van der Waals surface area (Å²) in [6, 6.07) is 10.4. The van der Waals surface area contributed by atoms with Crippen LogP contribution in [0.15, 0.2) is 53.7 Å². The second kappa shape index (κ2) is 11.0. The number of amides is 2. The van der Waals surface area contributed by atoms with Crippen LogP contribution >= 0.6 is 0 Å². The molecule has 0 spiro atoms. The Hall–Kier alpha value is -3.55. The minimum atomic E-state index is -0.739. The third kappa shape index (κ3) is 5.87. The molecule has 1 heterocycles. The van der Waals surface area contributed by atoms with E-state index in [1.165, 1.54) is 6.07 Å². The van der Waals surface area contributed by atoms with Gasteiger partial charge >= 0.3 is 12.0 Å². The Bertz CT molecular complexity index is 1080. The Kier molecular flexibility index (Phi) is 8.15. The van der Waals surface area contributed by atoms with Crippen LogP contribution in [0.25, 0.3) is 0 Å². The summed E-state index contributed by atoms with van der Waals surface area (Å²) in [4.78, 5) is 25.4. The third-order valence-electron chi connectivity index (χ3n) is 5.18. The topological polar surface area (TPSA) is 85.9 Å². The third-order valence-corrected chi connectivity index (χ3v) is 5.18. The molecule has 8 heteroatoms. The number of hydrogen-bond acceptors (Lipinski definition) is 5. The number of allylic oxidation sites excluding steroid dienone is 1. The quantitative estimate of drug-likeness (QED) is 0.503. The van der Waals surface area contributed by atoms with Gasteiger partial charge in [-0.25, -0.2) is 14.0 Å². The van der Waals surface area contributed by atoms with Gasteiger partial charge in [0.25, 0.3) is 0 Å². The van der Waals surface area contributed by atoms with E-state index in [0.29, 0.717) is 40.5 Å². The molecule has 1 unspecified atom stereocenters. The molecule has 0 radical (unpaired) electrons. The van der Waals surface area contributed by atoms with Gasteiger partial charge in [-0.3, -0.25) is 0 Å². The molecule has 3 rings (SSSR count). The van der Waals surface area contributed by atoms with Gasteiger partial charge in [0.1, 0.15) is 12.4 Å². The van der Waals surface area contributed by atoms with Crippen molar-refractivity contribution in [3.63, 3.8) is 0 Å². The van der Waals surface area contributed by atoms with Gasteiger partial charge in [-0.2, -0.15) is 0 Å². The van der Waals surface area contributed by atoms with Crippen LogP contribution in [0.3, 0.4) is 0 Å². The van der Waals surface area contributed by atoms with E-state index in [-0.39, 0.29) is 24.4 Å². The van der Waals surface area contributed by atoms with E-state index in [2.05, 4.69) is 10.6 Å². The Morgan fingerprint density at radius 2 is 1.79 bits per heavy atom. The van der Waals surface area contributed by atoms with Crippen LogP contribution in [0.2, 0.25) is 0 Å². The van der Waals surface area contributed by atoms with Gasteiger partial charge in [0, 0.05) is 11.3 Å². The number of carbonyl (C=O) groups excluding carboxylic acids is 2. The predicted octanol–water partition coefficient (Wildman–Crippen LogP) is 5.02. The number of hydrogen-bond donors (Lipinski definition) is 2. The average Bonchev–Trinajstić information content (AvgIpc) is 2.78. The highest BCUT2D eigenvalue weighted by Gasteiger charge is 2.35. The maximum Gasteiger partial charge on any atom is 0.338 e. The van der Waals surface area contributed by atoms with E-state index in [1.54, 1.807) is 50.2 Å². The molecule has 0 saturated heterocycles. The minimum absolute atomic E-state index is 0.0273. The molecule has 2 amide bonds. The lowest BCUT2D eigenvalue weighted by Crippen LogP contribution is -2.47. The van der Waals surface area contributed by atoms with Crippen LogP contribution in [-0.2, 0) is 16.1 Å². The van der Waals surface area contributed by atoms with Crippen molar-refractivity contribution in [1.29, 1.82) is 0 Å². The highest BCUT2D eigenvalue weighted by atomic mass is 19.1. The molecule has 0 fully saturated rings. The van der Waals surface area contributed by atoms with E-state index >= 15 is 0 Å². The number of nitrogens with one attached hydrogen (secondary N) is 2. The smallest absolute Gasteiger partial charge is 0.338 e. The fourth-order valence-corrected chi connectivity index (χ4v) is 3.66. The number of halogens is 1. The van der Waals surface area contributed by atoms with Gasteiger partial charge in [0.2, 0.25) is 0 Å². The summed E-state index contributed by atoms with van der Waals surface area (Å²) in [5.41, 5.74) is 1.90. The maximum absolute atomic E-state index is 14.0. The summed E-state index contributed by atoms with van der Waals surface area (Å²) in [6.45, 7) is 9.56. The van der Waals surface area contributed by atoms with Crippen LogP contribution in [0.5, 0.6) is 11.5 Å².